The van der Waals surface area contributed by atoms with Crippen molar-refractivity contribution in [2.24, 2.45) is 0 Å². The highest BCUT2D eigenvalue weighted by molar-refractivity contribution is 7.71. The van der Waals surface area contributed by atoms with Crippen molar-refractivity contribution in [2.75, 3.05) is 13.1 Å². The predicted octanol–water partition coefficient (Wildman–Crippen LogP) is 3.60. The molecule has 1 saturated heterocycles. The molecule has 1 amide bonds. The molecule has 0 bridgehead atoms. The van der Waals surface area contributed by atoms with Crippen LogP contribution >= 0.6 is 12.2 Å². The molecule has 128 valence electrons. The second-order valence-electron chi connectivity index (χ2n) is 6.52. The van der Waals surface area contributed by atoms with E-state index in [1.807, 2.05) is 34.6 Å². The van der Waals surface area contributed by atoms with Crippen molar-refractivity contribution in [1.82, 2.24) is 19.7 Å². The van der Waals surface area contributed by atoms with Gasteiger partial charge in [0.1, 0.15) is 5.82 Å². The third-order valence-corrected chi connectivity index (χ3v) is 5.24. The number of hydrogen-bond donors (Lipinski definition) is 1. The van der Waals surface area contributed by atoms with Crippen molar-refractivity contribution in [2.45, 2.75) is 46.1 Å². The molecule has 5 nitrogen and oxygen atoms in total. The lowest BCUT2D eigenvalue weighted by Gasteiger charge is -2.32. The van der Waals surface area contributed by atoms with E-state index in [1.54, 1.807) is 0 Å². The molecule has 3 rings (SSSR count). The SMILES string of the molecule is CCn1c([C@H]2CCCN(C(=O)c3ccc(C)c(C)c3)C2)n[nH]c1=S. The highest BCUT2D eigenvalue weighted by Gasteiger charge is 2.28. The molecule has 24 heavy (non-hydrogen) atoms. The average Bonchev–Trinajstić information content (AvgIpc) is 2.97. The van der Waals surface area contributed by atoms with Crippen LogP contribution in [0, 0.1) is 18.6 Å². The molecule has 1 N–H and O–H groups in total. The summed E-state index contributed by atoms with van der Waals surface area (Å²) in [5.74, 6) is 1.32. The van der Waals surface area contributed by atoms with Gasteiger partial charge in [-0.25, -0.2) is 0 Å². The summed E-state index contributed by atoms with van der Waals surface area (Å²) in [6.07, 6.45) is 2.03. The van der Waals surface area contributed by atoms with Gasteiger partial charge in [-0.2, -0.15) is 5.10 Å². The molecule has 1 atom stereocenters. The van der Waals surface area contributed by atoms with Crippen LogP contribution in [0.5, 0.6) is 0 Å². The zero-order valence-corrected chi connectivity index (χ0v) is 15.3. The van der Waals surface area contributed by atoms with Gasteiger partial charge in [0.2, 0.25) is 0 Å². The molecule has 0 saturated carbocycles. The number of benzene rings is 1. The van der Waals surface area contributed by atoms with Crippen molar-refractivity contribution >= 4 is 18.1 Å². The van der Waals surface area contributed by atoms with E-state index in [0.29, 0.717) is 11.3 Å². The number of nitrogens with zero attached hydrogens (tertiary/aromatic N) is 3. The molecule has 1 aromatic heterocycles. The first-order chi connectivity index (χ1) is 11.5. The molecule has 0 radical (unpaired) electrons. The van der Waals surface area contributed by atoms with Crippen LogP contribution in [0.25, 0.3) is 0 Å². The maximum atomic E-state index is 12.9. The number of piperidine rings is 1. The van der Waals surface area contributed by atoms with Crippen molar-refractivity contribution in [1.29, 1.82) is 0 Å². The van der Waals surface area contributed by atoms with Crippen molar-refractivity contribution in [3.05, 3.63) is 45.5 Å². The average molecular weight is 344 g/mol. The summed E-state index contributed by atoms with van der Waals surface area (Å²) in [5, 5.41) is 7.30. The molecule has 6 heteroatoms. The Hall–Kier alpha value is -1.95. The van der Waals surface area contributed by atoms with Crippen LogP contribution < -0.4 is 0 Å². The van der Waals surface area contributed by atoms with Gasteiger partial charge in [-0.05, 0) is 69.1 Å². The van der Waals surface area contributed by atoms with Crippen molar-refractivity contribution in [3.63, 3.8) is 0 Å². The van der Waals surface area contributed by atoms with Gasteiger partial charge < -0.3 is 9.47 Å². The monoisotopic (exact) mass is 344 g/mol. The van der Waals surface area contributed by atoms with E-state index in [-0.39, 0.29) is 11.8 Å². The van der Waals surface area contributed by atoms with Crippen LogP contribution in [0.3, 0.4) is 0 Å². The fourth-order valence-corrected chi connectivity index (χ4v) is 3.64. The quantitative estimate of drug-likeness (QED) is 0.866. The van der Waals surface area contributed by atoms with E-state index in [2.05, 4.69) is 24.0 Å². The topological polar surface area (TPSA) is 53.9 Å². The number of nitrogens with one attached hydrogen (secondary N) is 1. The van der Waals surface area contributed by atoms with Gasteiger partial charge in [0.15, 0.2) is 4.77 Å². The smallest absolute Gasteiger partial charge is 0.253 e. The lowest BCUT2D eigenvalue weighted by molar-refractivity contribution is 0.0703. The van der Waals surface area contributed by atoms with Gasteiger partial charge >= 0.3 is 0 Å². The number of aromatic nitrogens is 3. The number of H-pyrrole nitrogens is 1. The maximum Gasteiger partial charge on any atom is 0.253 e. The number of hydrogen-bond acceptors (Lipinski definition) is 3. The molecule has 0 unspecified atom stereocenters. The Balaban J connectivity index is 1.81. The van der Waals surface area contributed by atoms with E-state index < -0.39 is 0 Å². The maximum absolute atomic E-state index is 12.9. The Morgan fingerprint density at radius 2 is 2.17 bits per heavy atom. The number of carbonyl (C=O) groups is 1. The molecule has 2 aromatic rings. The first-order valence-corrected chi connectivity index (χ1v) is 8.93. The lowest BCUT2D eigenvalue weighted by Crippen LogP contribution is -2.39. The van der Waals surface area contributed by atoms with Crippen molar-refractivity contribution in [3.8, 4) is 0 Å². The number of likely N-dealkylation sites (tertiary alicyclic amines) is 1. The van der Waals surface area contributed by atoms with Crippen molar-refractivity contribution < 1.29 is 4.79 Å². The number of aromatic amines is 1. The summed E-state index contributed by atoms with van der Waals surface area (Å²) in [5.41, 5.74) is 3.14. The lowest BCUT2D eigenvalue weighted by atomic mass is 9.96. The minimum atomic E-state index is 0.111. The highest BCUT2D eigenvalue weighted by atomic mass is 32.1. The second-order valence-corrected chi connectivity index (χ2v) is 6.91. The molecule has 1 aliphatic heterocycles. The highest BCUT2D eigenvalue weighted by Crippen LogP contribution is 2.27. The summed E-state index contributed by atoms with van der Waals surface area (Å²) >= 11 is 5.29. The number of rotatable bonds is 3. The zero-order valence-electron chi connectivity index (χ0n) is 14.5. The standard InChI is InChI=1S/C18H24N4OS/c1-4-22-16(19-20-18(22)24)15-6-5-9-21(11-15)17(23)14-8-7-12(2)13(3)10-14/h7-8,10,15H,4-6,9,11H2,1-3H3,(H,20,24)/t15-/m0/s1. The van der Waals surface area contributed by atoms with Gasteiger partial charge in [0.05, 0.1) is 0 Å². The Kier molecular flexibility index (Phi) is 4.85. The first kappa shape index (κ1) is 16.9. The third kappa shape index (κ3) is 3.15. The summed E-state index contributed by atoms with van der Waals surface area (Å²) < 4.78 is 2.69. The van der Waals surface area contributed by atoms with E-state index in [0.717, 1.165) is 42.9 Å². The van der Waals surface area contributed by atoms with E-state index in [4.69, 9.17) is 12.2 Å². The number of carbonyl (C=O) groups excluding carboxylic acids is 1. The summed E-state index contributed by atoms with van der Waals surface area (Å²) in [6, 6.07) is 5.94. The van der Waals surface area contributed by atoms with Gasteiger partial charge in [0.25, 0.3) is 5.91 Å². The molecular formula is C18H24N4OS. The molecule has 0 spiro atoms. The minimum absolute atomic E-state index is 0.111. The molecule has 1 aromatic carbocycles. The fraction of sp³-hybridized carbons (Fsp3) is 0.500. The number of amides is 1. The van der Waals surface area contributed by atoms with Gasteiger partial charge in [-0.1, -0.05) is 6.07 Å². The van der Waals surface area contributed by atoms with Crippen LogP contribution in [0.1, 0.15) is 53.0 Å². The minimum Gasteiger partial charge on any atom is -0.338 e. The van der Waals surface area contributed by atoms with Gasteiger partial charge in [-0.3, -0.25) is 9.89 Å². The Morgan fingerprint density at radius 1 is 1.38 bits per heavy atom. The summed E-state index contributed by atoms with van der Waals surface area (Å²) in [4.78, 5) is 14.8. The molecule has 2 heterocycles. The van der Waals surface area contributed by atoms with Crippen LogP contribution in [0.4, 0.5) is 0 Å². The van der Waals surface area contributed by atoms with Crippen LogP contribution in [-0.2, 0) is 6.54 Å². The Labute approximate surface area is 147 Å². The molecular weight excluding hydrogens is 320 g/mol. The second kappa shape index (κ2) is 6.89. The fourth-order valence-electron chi connectivity index (χ4n) is 3.38. The Bertz CT molecular complexity index is 808. The molecule has 1 aliphatic rings. The largest absolute Gasteiger partial charge is 0.338 e. The number of aryl methyl sites for hydroxylation is 2. The Morgan fingerprint density at radius 3 is 2.88 bits per heavy atom. The first-order valence-electron chi connectivity index (χ1n) is 8.53. The van der Waals surface area contributed by atoms with E-state index in [1.165, 1.54) is 5.56 Å². The summed E-state index contributed by atoms with van der Waals surface area (Å²) in [7, 11) is 0. The van der Waals surface area contributed by atoms with Gasteiger partial charge in [-0.15, -0.1) is 0 Å². The summed E-state index contributed by atoms with van der Waals surface area (Å²) in [6.45, 7) is 8.48. The zero-order chi connectivity index (χ0) is 17.3. The van der Waals surface area contributed by atoms with E-state index in [9.17, 15) is 4.79 Å². The van der Waals surface area contributed by atoms with E-state index >= 15 is 0 Å². The van der Waals surface area contributed by atoms with Crippen LogP contribution in [0.2, 0.25) is 0 Å². The normalized spacial score (nSPS) is 18.0. The molecule has 1 fully saturated rings. The van der Waals surface area contributed by atoms with Crippen LogP contribution in [0.15, 0.2) is 18.2 Å². The molecule has 0 aliphatic carbocycles. The van der Waals surface area contributed by atoms with Gasteiger partial charge in [0, 0.05) is 31.1 Å². The predicted molar refractivity (Wildman–Crippen MR) is 96.9 cm³/mol. The van der Waals surface area contributed by atoms with Crippen LogP contribution in [-0.4, -0.2) is 38.7 Å². The third-order valence-electron chi connectivity index (χ3n) is 4.93.